The summed E-state index contributed by atoms with van der Waals surface area (Å²) in [4.78, 5) is 3.20. The van der Waals surface area contributed by atoms with Gasteiger partial charge in [0, 0.05) is 15.2 Å². The van der Waals surface area contributed by atoms with E-state index in [-0.39, 0.29) is 4.47 Å². The fourth-order valence-electron chi connectivity index (χ4n) is 0.729. The second-order valence-electron chi connectivity index (χ2n) is 2.29. The summed E-state index contributed by atoms with van der Waals surface area (Å²) in [5, 5.41) is -0.594. The zero-order valence-electron chi connectivity index (χ0n) is 6.42. The predicted molar refractivity (Wildman–Crippen MR) is 49.9 cm³/mol. The highest BCUT2D eigenvalue weighted by molar-refractivity contribution is 9.10. The van der Waals surface area contributed by atoms with Gasteiger partial charge in [-0.3, -0.25) is 0 Å². The number of halogens is 4. The lowest BCUT2D eigenvalue weighted by Gasteiger charge is -2.02. The van der Waals surface area contributed by atoms with Crippen LogP contribution in [0.1, 0.15) is 12.1 Å². The van der Waals surface area contributed by atoms with Crippen LogP contribution in [0.5, 0.6) is 0 Å². The van der Waals surface area contributed by atoms with Gasteiger partial charge in [0.25, 0.3) is 15.5 Å². The maximum atomic E-state index is 12.2. The van der Waals surface area contributed by atoms with Crippen molar-refractivity contribution in [2.45, 2.75) is 11.5 Å². The van der Waals surface area contributed by atoms with E-state index in [2.05, 4.69) is 20.9 Å². The zero-order chi connectivity index (χ0) is 10.9. The van der Waals surface area contributed by atoms with Crippen molar-refractivity contribution in [2.24, 2.45) is 0 Å². The number of nitrogens with zero attached hydrogens (tertiary/aromatic N) is 1. The van der Waals surface area contributed by atoms with E-state index in [0.29, 0.717) is 0 Å². The van der Waals surface area contributed by atoms with E-state index in [1.54, 1.807) is 0 Å². The van der Waals surface area contributed by atoms with Gasteiger partial charge < -0.3 is 0 Å². The van der Waals surface area contributed by atoms with E-state index in [4.69, 9.17) is 10.7 Å². The van der Waals surface area contributed by atoms with Crippen LogP contribution in [0.3, 0.4) is 0 Å². The molecule has 1 rings (SSSR count). The maximum absolute atomic E-state index is 12.2. The van der Waals surface area contributed by atoms with Crippen molar-refractivity contribution in [2.75, 3.05) is 0 Å². The molecule has 0 aliphatic heterocycles. The van der Waals surface area contributed by atoms with Gasteiger partial charge in [0.05, 0.1) is 0 Å². The average molecular weight is 307 g/mol. The molecule has 3 nitrogen and oxygen atoms in total. The van der Waals surface area contributed by atoms with Crippen molar-refractivity contribution in [3.63, 3.8) is 0 Å². The minimum absolute atomic E-state index is 0.182. The number of hydrogen-bond acceptors (Lipinski definition) is 3. The molecule has 0 aliphatic rings. The van der Waals surface area contributed by atoms with Gasteiger partial charge in [0.15, 0.2) is 5.03 Å². The van der Waals surface area contributed by atoms with Crippen LogP contribution in [-0.2, 0) is 9.05 Å². The third kappa shape index (κ3) is 2.86. The molecule has 0 aromatic carbocycles. The van der Waals surface area contributed by atoms with Gasteiger partial charge in [0.1, 0.15) is 5.69 Å². The van der Waals surface area contributed by atoms with Gasteiger partial charge in [-0.2, -0.15) is 0 Å². The van der Waals surface area contributed by atoms with Crippen LogP contribution >= 0.6 is 26.6 Å². The van der Waals surface area contributed by atoms with Crippen LogP contribution in [0, 0.1) is 0 Å². The molecule has 0 atom stereocenters. The molecule has 0 unspecified atom stereocenters. The lowest BCUT2D eigenvalue weighted by atomic mass is 10.4. The van der Waals surface area contributed by atoms with Crippen LogP contribution < -0.4 is 0 Å². The van der Waals surface area contributed by atoms with Gasteiger partial charge in [-0.1, -0.05) is 15.9 Å². The minimum Gasteiger partial charge on any atom is -0.234 e. The molecule has 0 radical (unpaired) electrons. The molecule has 0 saturated heterocycles. The third-order valence-corrected chi connectivity index (χ3v) is 2.90. The van der Waals surface area contributed by atoms with Gasteiger partial charge in [-0.05, 0) is 12.1 Å². The Labute approximate surface area is 91.6 Å². The molecule has 1 heterocycles. The number of hydrogen-bond donors (Lipinski definition) is 0. The van der Waals surface area contributed by atoms with Crippen molar-refractivity contribution in [3.8, 4) is 0 Å². The number of rotatable bonds is 2. The Morgan fingerprint density at radius 1 is 1.43 bits per heavy atom. The van der Waals surface area contributed by atoms with Crippen molar-refractivity contribution in [1.82, 2.24) is 4.98 Å². The summed E-state index contributed by atoms with van der Waals surface area (Å²) >= 11 is 2.88. The first kappa shape index (κ1) is 11.8. The molecule has 0 spiro atoms. The Morgan fingerprint density at radius 3 is 2.43 bits per heavy atom. The molecule has 0 saturated carbocycles. The quantitative estimate of drug-likeness (QED) is 0.789. The third-order valence-electron chi connectivity index (χ3n) is 1.26. The van der Waals surface area contributed by atoms with E-state index in [0.717, 1.165) is 12.1 Å². The molecule has 0 N–H and O–H groups in total. The highest BCUT2D eigenvalue weighted by Crippen LogP contribution is 2.24. The first-order valence-corrected chi connectivity index (χ1v) is 6.31. The molecular formula is C6H3BrClF2NO2S. The second-order valence-corrected chi connectivity index (χ2v) is 5.72. The lowest BCUT2D eigenvalue weighted by Crippen LogP contribution is -1.99. The topological polar surface area (TPSA) is 47.0 Å². The fourth-order valence-corrected chi connectivity index (χ4v) is 2.05. The number of alkyl halides is 2. The van der Waals surface area contributed by atoms with E-state index in [9.17, 15) is 17.2 Å². The zero-order valence-corrected chi connectivity index (χ0v) is 9.57. The average Bonchev–Trinajstić information content (AvgIpc) is 2.01. The van der Waals surface area contributed by atoms with Crippen molar-refractivity contribution in [3.05, 3.63) is 22.3 Å². The van der Waals surface area contributed by atoms with Gasteiger partial charge >= 0.3 is 0 Å². The molecule has 78 valence electrons. The maximum Gasteiger partial charge on any atom is 0.280 e. The molecule has 0 bridgehead atoms. The van der Waals surface area contributed by atoms with Crippen molar-refractivity contribution in [1.29, 1.82) is 0 Å². The van der Waals surface area contributed by atoms with Crippen LogP contribution in [0.15, 0.2) is 21.6 Å². The molecule has 1 aromatic heterocycles. The van der Waals surface area contributed by atoms with Gasteiger partial charge in [-0.25, -0.2) is 22.2 Å². The standard InChI is InChI=1S/C6H3BrClF2NO2S/c7-3-1-4(6(9)10)11-5(2-3)14(8,12)13/h1-2,6H. The van der Waals surface area contributed by atoms with E-state index >= 15 is 0 Å². The van der Waals surface area contributed by atoms with Crippen molar-refractivity contribution >= 4 is 35.7 Å². The Kier molecular flexibility index (Phi) is 3.44. The number of aromatic nitrogens is 1. The monoisotopic (exact) mass is 305 g/mol. The first-order chi connectivity index (χ1) is 6.30. The van der Waals surface area contributed by atoms with Crippen LogP contribution in [0.25, 0.3) is 0 Å². The first-order valence-electron chi connectivity index (χ1n) is 3.21. The highest BCUT2D eigenvalue weighted by atomic mass is 79.9. The lowest BCUT2D eigenvalue weighted by molar-refractivity contribution is 0.145. The second kappa shape index (κ2) is 4.08. The fraction of sp³-hybridized carbons (Fsp3) is 0.167. The summed E-state index contributed by atoms with van der Waals surface area (Å²) in [7, 11) is 0.868. The normalized spacial score (nSPS) is 12.1. The minimum atomic E-state index is -4.08. The SMILES string of the molecule is O=S(=O)(Cl)c1cc(Br)cc(C(F)F)n1. The summed E-state index contributed by atoms with van der Waals surface area (Å²) in [6.07, 6.45) is -2.84. The molecule has 14 heavy (non-hydrogen) atoms. The Morgan fingerprint density at radius 2 is 2.00 bits per heavy atom. The molecule has 0 aliphatic carbocycles. The van der Waals surface area contributed by atoms with Crippen LogP contribution in [-0.4, -0.2) is 13.4 Å². The summed E-state index contributed by atoms with van der Waals surface area (Å²) in [5.74, 6) is 0. The largest absolute Gasteiger partial charge is 0.280 e. The summed E-state index contributed by atoms with van der Waals surface area (Å²) in [5.41, 5.74) is -0.640. The molecular weight excluding hydrogens is 303 g/mol. The molecule has 0 fully saturated rings. The van der Waals surface area contributed by atoms with Crippen LogP contribution in [0.2, 0.25) is 0 Å². The molecule has 0 amide bonds. The predicted octanol–water partition coefficient (Wildman–Crippen LogP) is 2.71. The summed E-state index contributed by atoms with van der Waals surface area (Å²) in [6, 6.07) is 2.07. The van der Waals surface area contributed by atoms with Crippen molar-refractivity contribution < 1.29 is 17.2 Å². The van der Waals surface area contributed by atoms with E-state index < -0.39 is 26.2 Å². The summed E-state index contributed by atoms with van der Waals surface area (Å²) < 4.78 is 46.2. The van der Waals surface area contributed by atoms with E-state index in [1.165, 1.54) is 0 Å². The van der Waals surface area contributed by atoms with Gasteiger partial charge in [0.2, 0.25) is 0 Å². The molecule has 1 aromatic rings. The highest BCUT2D eigenvalue weighted by Gasteiger charge is 2.17. The van der Waals surface area contributed by atoms with Gasteiger partial charge in [-0.15, -0.1) is 0 Å². The Bertz CT molecular complexity index is 451. The van der Waals surface area contributed by atoms with Crippen LogP contribution in [0.4, 0.5) is 8.78 Å². The molecule has 8 heteroatoms. The summed E-state index contributed by atoms with van der Waals surface area (Å²) in [6.45, 7) is 0. The Hall–Kier alpha value is -0.270. The number of pyridine rings is 1. The smallest absolute Gasteiger partial charge is 0.234 e. The Balaban J connectivity index is 3.35. The van der Waals surface area contributed by atoms with E-state index in [1.807, 2.05) is 0 Å².